The van der Waals surface area contributed by atoms with Gasteiger partial charge in [0, 0.05) is 6.92 Å². The zero-order valence-electron chi connectivity index (χ0n) is 9.21. The molecule has 0 unspecified atom stereocenters. The van der Waals surface area contributed by atoms with Gasteiger partial charge in [-0.05, 0) is 44.4 Å². The van der Waals surface area contributed by atoms with E-state index in [4.69, 9.17) is 4.74 Å². The standard InChI is InChI=1S/C12H20O2/c1-9(2)12-6-4-11(5-7-12)8-14-10(3)13/h11-12H,1,4-8H2,2-3H3/t11-,12-. The fourth-order valence-corrected chi connectivity index (χ4v) is 2.06. The Morgan fingerprint density at radius 3 is 2.29 bits per heavy atom. The van der Waals surface area contributed by atoms with Crippen LogP contribution in [0.25, 0.3) is 0 Å². The molecule has 0 aromatic carbocycles. The van der Waals surface area contributed by atoms with Crippen molar-refractivity contribution in [2.45, 2.75) is 39.5 Å². The van der Waals surface area contributed by atoms with Crippen LogP contribution in [0.15, 0.2) is 12.2 Å². The lowest BCUT2D eigenvalue weighted by Crippen LogP contribution is -2.20. The van der Waals surface area contributed by atoms with E-state index < -0.39 is 0 Å². The summed E-state index contributed by atoms with van der Waals surface area (Å²) in [6, 6.07) is 0. The van der Waals surface area contributed by atoms with Gasteiger partial charge >= 0.3 is 5.97 Å². The third-order valence-electron chi connectivity index (χ3n) is 3.07. The smallest absolute Gasteiger partial charge is 0.302 e. The Morgan fingerprint density at radius 2 is 1.86 bits per heavy atom. The summed E-state index contributed by atoms with van der Waals surface area (Å²) in [5.74, 6) is 1.12. The van der Waals surface area contributed by atoms with E-state index in [-0.39, 0.29) is 5.97 Å². The fourth-order valence-electron chi connectivity index (χ4n) is 2.06. The van der Waals surface area contributed by atoms with Gasteiger partial charge in [0.25, 0.3) is 0 Å². The summed E-state index contributed by atoms with van der Waals surface area (Å²) in [5, 5.41) is 0. The van der Waals surface area contributed by atoms with E-state index in [2.05, 4.69) is 13.5 Å². The summed E-state index contributed by atoms with van der Waals surface area (Å²) in [4.78, 5) is 10.6. The van der Waals surface area contributed by atoms with Crippen LogP contribution in [0.2, 0.25) is 0 Å². The molecule has 1 fully saturated rings. The van der Waals surface area contributed by atoms with Crippen molar-refractivity contribution in [2.75, 3.05) is 6.61 Å². The van der Waals surface area contributed by atoms with Gasteiger partial charge in [0.2, 0.25) is 0 Å². The van der Waals surface area contributed by atoms with Crippen LogP contribution in [0.4, 0.5) is 0 Å². The molecular formula is C12H20O2. The first-order valence-electron chi connectivity index (χ1n) is 5.38. The highest BCUT2D eigenvalue weighted by Crippen LogP contribution is 2.32. The van der Waals surface area contributed by atoms with E-state index in [9.17, 15) is 4.79 Å². The maximum absolute atomic E-state index is 10.6. The number of carbonyl (C=O) groups excluding carboxylic acids is 1. The maximum Gasteiger partial charge on any atom is 0.302 e. The molecule has 0 heterocycles. The van der Waals surface area contributed by atoms with E-state index >= 15 is 0 Å². The lowest BCUT2D eigenvalue weighted by molar-refractivity contribution is -0.142. The van der Waals surface area contributed by atoms with Crippen molar-refractivity contribution in [1.82, 2.24) is 0 Å². The molecule has 0 spiro atoms. The quantitative estimate of drug-likeness (QED) is 0.512. The molecule has 0 aliphatic heterocycles. The van der Waals surface area contributed by atoms with Crippen molar-refractivity contribution in [2.24, 2.45) is 11.8 Å². The number of hydrogen-bond acceptors (Lipinski definition) is 2. The number of carbonyl (C=O) groups is 1. The third-order valence-corrected chi connectivity index (χ3v) is 3.07. The molecule has 0 N–H and O–H groups in total. The molecule has 1 saturated carbocycles. The first-order valence-corrected chi connectivity index (χ1v) is 5.38. The SMILES string of the molecule is C=C(C)[C@H]1CC[C@H](COC(C)=O)CC1. The summed E-state index contributed by atoms with van der Waals surface area (Å²) in [6.45, 7) is 8.18. The van der Waals surface area contributed by atoms with Crippen LogP contribution in [-0.2, 0) is 9.53 Å². The van der Waals surface area contributed by atoms with Crippen LogP contribution in [0.3, 0.4) is 0 Å². The molecule has 0 aromatic heterocycles. The Labute approximate surface area is 86.3 Å². The Kier molecular flexibility index (Phi) is 4.18. The second kappa shape index (κ2) is 5.18. The number of hydrogen-bond donors (Lipinski definition) is 0. The number of esters is 1. The van der Waals surface area contributed by atoms with Crippen LogP contribution in [0.5, 0.6) is 0 Å². The van der Waals surface area contributed by atoms with E-state index in [1.807, 2.05) is 0 Å². The average Bonchev–Trinajstić information content (AvgIpc) is 2.15. The fraction of sp³-hybridized carbons (Fsp3) is 0.750. The minimum atomic E-state index is -0.160. The maximum atomic E-state index is 10.6. The molecule has 0 saturated heterocycles. The third kappa shape index (κ3) is 3.52. The second-order valence-electron chi connectivity index (χ2n) is 4.37. The Bertz CT molecular complexity index is 212. The molecule has 2 heteroatoms. The number of ether oxygens (including phenoxy) is 1. The molecule has 14 heavy (non-hydrogen) atoms. The molecule has 1 rings (SSSR count). The van der Waals surface area contributed by atoms with Gasteiger partial charge in [0.05, 0.1) is 6.61 Å². The molecule has 0 radical (unpaired) electrons. The minimum absolute atomic E-state index is 0.160. The molecule has 2 nitrogen and oxygen atoms in total. The van der Waals surface area contributed by atoms with Crippen LogP contribution >= 0.6 is 0 Å². The predicted octanol–water partition coefficient (Wildman–Crippen LogP) is 2.93. The van der Waals surface area contributed by atoms with Gasteiger partial charge in [-0.1, -0.05) is 12.2 Å². The Morgan fingerprint density at radius 1 is 1.29 bits per heavy atom. The molecule has 0 bridgehead atoms. The molecule has 80 valence electrons. The number of allylic oxidation sites excluding steroid dienone is 1. The van der Waals surface area contributed by atoms with Crippen molar-refractivity contribution < 1.29 is 9.53 Å². The summed E-state index contributed by atoms with van der Waals surface area (Å²) in [5.41, 5.74) is 1.30. The molecule has 1 aliphatic rings. The van der Waals surface area contributed by atoms with Gasteiger partial charge in [-0.2, -0.15) is 0 Å². The van der Waals surface area contributed by atoms with Crippen molar-refractivity contribution in [1.29, 1.82) is 0 Å². The Hall–Kier alpha value is -0.790. The highest BCUT2D eigenvalue weighted by Gasteiger charge is 2.21. The van der Waals surface area contributed by atoms with Crippen LogP contribution in [-0.4, -0.2) is 12.6 Å². The topological polar surface area (TPSA) is 26.3 Å². The summed E-state index contributed by atoms with van der Waals surface area (Å²) < 4.78 is 5.02. The van der Waals surface area contributed by atoms with Crippen LogP contribution in [0, 0.1) is 11.8 Å². The van der Waals surface area contributed by atoms with Gasteiger partial charge in [-0.25, -0.2) is 0 Å². The number of rotatable bonds is 3. The van der Waals surface area contributed by atoms with Crippen molar-refractivity contribution in [3.8, 4) is 0 Å². The largest absolute Gasteiger partial charge is 0.466 e. The predicted molar refractivity (Wildman–Crippen MR) is 56.9 cm³/mol. The minimum Gasteiger partial charge on any atom is -0.466 e. The van der Waals surface area contributed by atoms with Crippen molar-refractivity contribution in [3.63, 3.8) is 0 Å². The van der Waals surface area contributed by atoms with Crippen molar-refractivity contribution in [3.05, 3.63) is 12.2 Å². The zero-order chi connectivity index (χ0) is 10.6. The van der Waals surface area contributed by atoms with Crippen LogP contribution in [0.1, 0.15) is 39.5 Å². The highest BCUT2D eigenvalue weighted by atomic mass is 16.5. The molecule has 0 atom stereocenters. The van der Waals surface area contributed by atoms with Gasteiger partial charge < -0.3 is 4.74 Å². The van der Waals surface area contributed by atoms with Gasteiger partial charge in [-0.3, -0.25) is 4.79 Å². The monoisotopic (exact) mass is 196 g/mol. The lowest BCUT2D eigenvalue weighted by atomic mass is 9.79. The highest BCUT2D eigenvalue weighted by molar-refractivity contribution is 5.65. The Balaban J connectivity index is 2.22. The molecule has 1 aliphatic carbocycles. The van der Waals surface area contributed by atoms with Gasteiger partial charge in [0.1, 0.15) is 0 Å². The molecule has 0 amide bonds. The van der Waals surface area contributed by atoms with E-state index in [1.54, 1.807) is 0 Å². The van der Waals surface area contributed by atoms with Gasteiger partial charge in [-0.15, -0.1) is 0 Å². The molecular weight excluding hydrogens is 176 g/mol. The average molecular weight is 196 g/mol. The van der Waals surface area contributed by atoms with E-state index in [0.29, 0.717) is 18.4 Å². The first-order chi connectivity index (χ1) is 6.59. The normalized spacial score (nSPS) is 27.0. The lowest BCUT2D eigenvalue weighted by Gasteiger charge is -2.28. The zero-order valence-corrected chi connectivity index (χ0v) is 9.21. The van der Waals surface area contributed by atoms with E-state index in [1.165, 1.54) is 38.2 Å². The first kappa shape index (κ1) is 11.3. The summed E-state index contributed by atoms with van der Waals surface area (Å²) in [7, 11) is 0. The van der Waals surface area contributed by atoms with Crippen LogP contribution < -0.4 is 0 Å². The van der Waals surface area contributed by atoms with Gasteiger partial charge in [0.15, 0.2) is 0 Å². The summed E-state index contributed by atoms with van der Waals surface area (Å²) >= 11 is 0. The second-order valence-corrected chi connectivity index (χ2v) is 4.37. The van der Waals surface area contributed by atoms with E-state index in [0.717, 1.165) is 0 Å². The summed E-state index contributed by atoms with van der Waals surface area (Å²) in [6.07, 6.45) is 4.76. The molecule has 0 aromatic rings. The van der Waals surface area contributed by atoms with Crippen molar-refractivity contribution >= 4 is 5.97 Å².